The van der Waals surface area contributed by atoms with Crippen LogP contribution in [0.25, 0.3) is 11.1 Å². The first-order valence-electron chi connectivity index (χ1n) is 15.6. The van der Waals surface area contributed by atoms with Gasteiger partial charge in [-0.1, -0.05) is 6.07 Å². The molecule has 0 aliphatic rings. The molecule has 0 spiro atoms. The zero-order chi connectivity index (χ0) is 39.3. The van der Waals surface area contributed by atoms with Crippen LogP contribution in [0.3, 0.4) is 0 Å². The number of rotatable bonds is 13. The van der Waals surface area contributed by atoms with Crippen molar-refractivity contribution in [2.24, 2.45) is 0 Å². The number of carbonyl (C=O) groups excluding carboxylic acids is 2. The van der Waals surface area contributed by atoms with Crippen LogP contribution in [-0.2, 0) is 36.4 Å². The predicted molar refractivity (Wildman–Crippen MR) is 172 cm³/mol. The first-order valence-corrected chi connectivity index (χ1v) is 15.6. The van der Waals surface area contributed by atoms with E-state index in [2.05, 4.69) is 4.98 Å². The molecular weight excluding hydrogens is 748 g/mol. The fourth-order valence-corrected chi connectivity index (χ4v) is 5.28. The number of aromatic nitrogens is 1. The second-order valence-electron chi connectivity index (χ2n) is 11.9. The first-order chi connectivity index (χ1) is 24.7. The van der Waals surface area contributed by atoms with E-state index in [9.17, 15) is 54.2 Å². The molecule has 0 bridgehead atoms. The molecule has 4 aromatic rings. The minimum absolute atomic E-state index is 0. The molecule has 0 aliphatic carbocycles. The summed E-state index contributed by atoms with van der Waals surface area (Å²) in [6.07, 6.45) is -14.3. The molecule has 18 heteroatoms. The van der Waals surface area contributed by atoms with Gasteiger partial charge in [0.1, 0.15) is 17.3 Å². The van der Waals surface area contributed by atoms with Gasteiger partial charge >= 0.3 is 48.1 Å². The van der Waals surface area contributed by atoms with Crippen molar-refractivity contribution in [3.63, 3.8) is 0 Å². The minimum Gasteiger partial charge on any atom is -0.550 e. The summed E-state index contributed by atoms with van der Waals surface area (Å²) in [7, 11) is 4.27. The normalized spacial score (nSPS) is 11.8. The fourth-order valence-electron chi connectivity index (χ4n) is 5.28. The number of carboxylic acids is 1. The number of benzene rings is 3. The van der Waals surface area contributed by atoms with Crippen molar-refractivity contribution in [1.29, 1.82) is 0 Å². The molecule has 0 aliphatic heterocycles. The van der Waals surface area contributed by atoms with Crippen molar-refractivity contribution in [3.8, 4) is 22.6 Å². The third kappa shape index (κ3) is 11.5. The van der Waals surface area contributed by atoms with Crippen LogP contribution in [0.1, 0.15) is 51.0 Å². The monoisotopic (exact) mass is 779 g/mol. The number of anilines is 1. The van der Waals surface area contributed by atoms with Crippen LogP contribution < -0.4 is 49.0 Å². The Hall–Kier alpha value is -4.48. The molecule has 0 unspecified atom stereocenters. The van der Waals surface area contributed by atoms with Gasteiger partial charge < -0.3 is 29.2 Å². The van der Waals surface area contributed by atoms with Gasteiger partial charge in [0.25, 0.3) is 5.91 Å². The zero-order valence-electron chi connectivity index (χ0n) is 29.2. The van der Waals surface area contributed by atoms with Crippen molar-refractivity contribution in [1.82, 2.24) is 9.88 Å². The standard InChI is InChI=1S/C36H32F9N3O5.Na/c1-47(2)33(51)22-6-10-30(52-3)29(16-22)28-9-7-24(34(37,38)39)15-23(28)20-48(31-11-8-27(18-46-31)53-12-4-5-32(49)50)19-21-13-25(35(40,41)42)17-26(14-21)36(43,44)45;/h6-11,13-18H,4-5,12,19-20H2,1-3H3,(H,49,50);/q;+1/p-1. The number of halogens is 9. The molecule has 3 aromatic carbocycles. The third-order valence-electron chi connectivity index (χ3n) is 7.80. The van der Waals surface area contributed by atoms with Gasteiger partial charge in [0.2, 0.25) is 0 Å². The van der Waals surface area contributed by atoms with E-state index in [1.54, 1.807) is 0 Å². The number of methoxy groups -OCH3 is 1. The van der Waals surface area contributed by atoms with Crippen LogP contribution in [0, 0.1) is 0 Å². The molecule has 8 nitrogen and oxygen atoms in total. The van der Waals surface area contributed by atoms with Crippen LogP contribution in [0.5, 0.6) is 11.5 Å². The predicted octanol–water partition coefficient (Wildman–Crippen LogP) is 4.64. The topological polar surface area (TPSA) is 95.0 Å². The number of hydrogen-bond acceptors (Lipinski definition) is 7. The van der Waals surface area contributed by atoms with Crippen molar-refractivity contribution >= 4 is 17.7 Å². The Bertz CT molecular complexity index is 1900. The average molecular weight is 780 g/mol. The van der Waals surface area contributed by atoms with Crippen molar-refractivity contribution in [2.45, 2.75) is 44.5 Å². The molecule has 54 heavy (non-hydrogen) atoms. The van der Waals surface area contributed by atoms with Gasteiger partial charge in [-0.2, -0.15) is 39.5 Å². The Morgan fingerprint density at radius 3 is 1.91 bits per heavy atom. The van der Waals surface area contributed by atoms with Crippen molar-refractivity contribution in [3.05, 3.63) is 106 Å². The van der Waals surface area contributed by atoms with Crippen molar-refractivity contribution in [2.75, 3.05) is 32.7 Å². The van der Waals surface area contributed by atoms with E-state index < -0.39 is 65.7 Å². The number of alkyl halides is 9. The van der Waals surface area contributed by atoms with E-state index in [0.717, 1.165) is 24.4 Å². The fraction of sp³-hybridized carbons (Fsp3) is 0.306. The minimum atomic E-state index is -5.17. The summed E-state index contributed by atoms with van der Waals surface area (Å²) in [5.74, 6) is -1.55. The van der Waals surface area contributed by atoms with Crippen LogP contribution in [0.2, 0.25) is 0 Å². The molecule has 0 N–H and O–H groups in total. The average Bonchev–Trinajstić information content (AvgIpc) is 3.08. The first kappa shape index (κ1) is 43.9. The number of hydrogen-bond donors (Lipinski definition) is 0. The van der Waals surface area contributed by atoms with Gasteiger partial charge in [0, 0.05) is 44.3 Å². The second-order valence-corrected chi connectivity index (χ2v) is 11.9. The molecule has 4 rings (SSSR count). The number of amides is 1. The van der Waals surface area contributed by atoms with Crippen LogP contribution in [0.15, 0.2) is 72.9 Å². The maximum atomic E-state index is 14.1. The summed E-state index contributed by atoms with van der Waals surface area (Å²) in [6, 6.07) is 10.6. The summed E-state index contributed by atoms with van der Waals surface area (Å²) >= 11 is 0. The van der Waals surface area contributed by atoms with E-state index >= 15 is 0 Å². The van der Waals surface area contributed by atoms with Crippen molar-refractivity contribution < 1.29 is 93.2 Å². The Labute approximate surface area is 325 Å². The van der Waals surface area contributed by atoms with Gasteiger partial charge in [-0.15, -0.1) is 0 Å². The van der Waals surface area contributed by atoms with E-state index in [-0.39, 0.29) is 94.6 Å². The number of aliphatic carboxylic acids is 1. The molecule has 0 radical (unpaired) electrons. The molecule has 1 amide bonds. The third-order valence-corrected chi connectivity index (χ3v) is 7.80. The molecule has 284 valence electrons. The maximum Gasteiger partial charge on any atom is 1.00 e. The quantitative estimate of drug-likeness (QED) is 0.111. The number of pyridine rings is 1. The van der Waals surface area contributed by atoms with E-state index in [4.69, 9.17) is 9.47 Å². The maximum absolute atomic E-state index is 14.1. The molecule has 0 saturated heterocycles. The Balaban J connectivity index is 0.00000784. The number of carbonyl (C=O) groups is 2. The zero-order valence-corrected chi connectivity index (χ0v) is 31.2. The van der Waals surface area contributed by atoms with Gasteiger partial charge in [0.05, 0.1) is 36.6 Å². The second kappa shape index (κ2) is 17.8. The molecule has 0 saturated carbocycles. The molecule has 0 atom stereocenters. The van der Waals surface area contributed by atoms with E-state index in [1.165, 1.54) is 61.3 Å². The molecule has 1 aromatic heterocycles. The Kier molecular flexibility index (Phi) is 14.5. The summed E-state index contributed by atoms with van der Waals surface area (Å²) in [6.45, 7) is -1.31. The van der Waals surface area contributed by atoms with Gasteiger partial charge in [0.15, 0.2) is 0 Å². The van der Waals surface area contributed by atoms with Gasteiger partial charge in [-0.3, -0.25) is 4.79 Å². The molecule has 0 fully saturated rings. The van der Waals surface area contributed by atoms with Gasteiger partial charge in [-0.25, -0.2) is 4.98 Å². The summed E-state index contributed by atoms with van der Waals surface area (Å²) in [5, 5.41) is 10.7. The number of ether oxygens (including phenoxy) is 2. The van der Waals surface area contributed by atoms with Gasteiger partial charge in [-0.05, 0) is 90.2 Å². The van der Waals surface area contributed by atoms with E-state index in [0.29, 0.717) is 12.1 Å². The smallest absolute Gasteiger partial charge is 0.550 e. The van der Waals surface area contributed by atoms with Crippen LogP contribution in [-0.4, -0.2) is 49.6 Å². The van der Waals surface area contributed by atoms with Crippen LogP contribution in [0.4, 0.5) is 45.3 Å². The molecular formula is C36H31F9N3NaO5. The summed E-state index contributed by atoms with van der Waals surface area (Å²) in [5.41, 5.74) is -4.45. The summed E-state index contributed by atoms with van der Waals surface area (Å²) in [4.78, 5) is 30.2. The number of carboxylic acid groups (broad SMARTS) is 1. The SMILES string of the molecule is COc1ccc(C(=O)N(C)C)cc1-c1ccc(C(F)(F)F)cc1CN(Cc1cc(C(F)(F)F)cc(C(F)(F)F)c1)c1ccc(OCCCC(=O)[O-])cn1.[Na+]. The van der Waals surface area contributed by atoms with Crippen LogP contribution >= 0.6 is 0 Å². The Morgan fingerprint density at radius 1 is 0.759 bits per heavy atom. The largest absolute Gasteiger partial charge is 1.00 e. The molecule has 1 heterocycles. The van der Waals surface area contributed by atoms with E-state index in [1.807, 2.05) is 0 Å². The summed E-state index contributed by atoms with van der Waals surface area (Å²) < 4.78 is 136. The Morgan fingerprint density at radius 2 is 1.39 bits per heavy atom. The number of nitrogens with zero attached hydrogens (tertiary/aromatic N) is 3.